The summed E-state index contributed by atoms with van der Waals surface area (Å²) in [6, 6.07) is 18.4. The van der Waals surface area contributed by atoms with Gasteiger partial charge in [-0.3, -0.25) is 4.72 Å². The van der Waals surface area contributed by atoms with Gasteiger partial charge in [-0.25, -0.2) is 8.42 Å². The van der Waals surface area contributed by atoms with Crippen molar-refractivity contribution < 1.29 is 16.8 Å². The van der Waals surface area contributed by atoms with Crippen LogP contribution in [0.15, 0.2) is 82.1 Å². The average Bonchev–Trinajstić information content (AvgIpc) is 3.45. The molecule has 1 aromatic heterocycles. The molecule has 1 atom stereocenters. The van der Waals surface area contributed by atoms with E-state index in [4.69, 9.17) is 0 Å². The Bertz CT molecular complexity index is 1290. The van der Waals surface area contributed by atoms with Gasteiger partial charge >= 0.3 is 0 Å². The van der Waals surface area contributed by atoms with E-state index >= 15 is 0 Å². The normalized spacial score (nSPS) is 16.9. The third-order valence-corrected chi connectivity index (χ3v) is 8.88. The summed E-state index contributed by atoms with van der Waals surface area (Å²) in [5, 5.41) is 6.41. The third kappa shape index (κ3) is 4.51. The van der Waals surface area contributed by atoms with Gasteiger partial charge in [-0.2, -0.15) is 17.9 Å². The average molecular weight is 476 g/mol. The molecule has 0 radical (unpaired) electrons. The van der Waals surface area contributed by atoms with E-state index in [1.54, 1.807) is 61.5 Å². The minimum Gasteiger partial charge on any atom is -0.284 e. The molecule has 4 rings (SSSR count). The molecule has 0 fully saturated rings. The zero-order valence-corrected chi connectivity index (χ0v) is 19.1. The summed E-state index contributed by atoms with van der Waals surface area (Å²) < 4.78 is 53.8. The van der Waals surface area contributed by atoms with E-state index < -0.39 is 26.1 Å². The van der Waals surface area contributed by atoms with Crippen LogP contribution in [0.2, 0.25) is 0 Å². The lowest BCUT2D eigenvalue weighted by Gasteiger charge is -2.22. The number of thiophene rings is 1. The van der Waals surface area contributed by atoms with Gasteiger partial charge in [0, 0.05) is 17.0 Å². The number of rotatable bonds is 7. The number of hydrogen-bond donors (Lipinski definition) is 1. The van der Waals surface area contributed by atoms with Gasteiger partial charge in [-0.05, 0) is 48.2 Å². The summed E-state index contributed by atoms with van der Waals surface area (Å²) in [4.78, 5) is 1.09. The summed E-state index contributed by atoms with van der Waals surface area (Å²) in [6.45, 7) is 1.57. The van der Waals surface area contributed by atoms with Gasteiger partial charge in [0.1, 0.15) is 6.04 Å². The molecule has 0 spiro atoms. The van der Waals surface area contributed by atoms with Crippen LogP contribution >= 0.6 is 11.3 Å². The van der Waals surface area contributed by atoms with Crippen LogP contribution in [-0.2, 0) is 20.0 Å². The molecule has 1 unspecified atom stereocenters. The predicted molar refractivity (Wildman–Crippen MR) is 123 cm³/mol. The Kier molecular flexibility index (Phi) is 5.87. The second-order valence-corrected chi connectivity index (χ2v) is 11.7. The van der Waals surface area contributed by atoms with Crippen molar-refractivity contribution in [3.63, 3.8) is 0 Å². The first-order valence-electron chi connectivity index (χ1n) is 9.61. The fourth-order valence-corrected chi connectivity index (χ4v) is 6.22. The van der Waals surface area contributed by atoms with Crippen molar-refractivity contribution in [2.45, 2.75) is 24.3 Å². The fourth-order valence-electron chi connectivity index (χ4n) is 3.26. The first-order valence-corrected chi connectivity index (χ1v) is 13.6. The van der Waals surface area contributed by atoms with Gasteiger partial charge < -0.3 is 0 Å². The summed E-state index contributed by atoms with van der Waals surface area (Å²) in [6.07, 6.45) is 0.423. The molecule has 1 N–H and O–H groups in total. The van der Waals surface area contributed by atoms with E-state index in [0.717, 1.165) is 10.4 Å². The third-order valence-electron chi connectivity index (χ3n) is 4.90. The molecule has 1 aliphatic heterocycles. The SMILES string of the molecule is CCS(=O)(=O)Nc1ccc(C2=NN(S(=O)(=O)c3ccccc3)C(c3cccs3)C2)cc1. The summed E-state index contributed by atoms with van der Waals surface area (Å²) in [7, 11) is -7.20. The summed E-state index contributed by atoms with van der Waals surface area (Å²) in [5.74, 6) is -0.0176. The topological polar surface area (TPSA) is 95.9 Å². The number of hydrogen-bond acceptors (Lipinski definition) is 6. The van der Waals surface area contributed by atoms with Gasteiger partial charge in [0.05, 0.1) is 16.4 Å². The van der Waals surface area contributed by atoms with Crippen LogP contribution in [0, 0.1) is 0 Å². The minimum absolute atomic E-state index is 0.0176. The lowest BCUT2D eigenvalue weighted by molar-refractivity contribution is 0.375. The van der Waals surface area contributed by atoms with Crippen molar-refractivity contribution in [2.75, 3.05) is 10.5 Å². The van der Waals surface area contributed by atoms with Crippen LogP contribution in [0.3, 0.4) is 0 Å². The van der Waals surface area contributed by atoms with Crippen LogP contribution in [0.25, 0.3) is 0 Å². The summed E-state index contributed by atoms with van der Waals surface area (Å²) >= 11 is 1.49. The second-order valence-electron chi connectivity index (χ2n) is 6.96. The highest BCUT2D eigenvalue weighted by molar-refractivity contribution is 7.92. The molecule has 0 saturated carbocycles. The fraction of sp³-hybridized carbons (Fsp3) is 0.190. The number of nitrogens with one attached hydrogen (secondary N) is 1. The van der Waals surface area contributed by atoms with Crippen LogP contribution in [-0.4, -0.2) is 32.7 Å². The maximum atomic E-state index is 13.3. The van der Waals surface area contributed by atoms with Crippen LogP contribution in [0.5, 0.6) is 0 Å². The Labute approximate surface area is 186 Å². The van der Waals surface area contributed by atoms with Crippen molar-refractivity contribution >= 4 is 42.8 Å². The Morgan fingerprint density at radius 1 is 1.00 bits per heavy atom. The van der Waals surface area contributed by atoms with Crippen molar-refractivity contribution in [3.05, 3.63) is 82.6 Å². The van der Waals surface area contributed by atoms with E-state index in [-0.39, 0.29) is 10.6 Å². The molecule has 1 aliphatic rings. The molecule has 162 valence electrons. The summed E-state index contributed by atoms with van der Waals surface area (Å²) in [5.41, 5.74) is 1.82. The van der Waals surface area contributed by atoms with Gasteiger partial charge in [0.2, 0.25) is 10.0 Å². The molecule has 10 heteroatoms. The first kappa shape index (κ1) is 21.5. The first-order chi connectivity index (χ1) is 14.8. The van der Waals surface area contributed by atoms with Crippen molar-refractivity contribution in [3.8, 4) is 0 Å². The van der Waals surface area contributed by atoms with Crippen molar-refractivity contribution in [2.24, 2.45) is 5.10 Å². The maximum absolute atomic E-state index is 13.3. The minimum atomic E-state index is -3.83. The highest BCUT2D eigenvalue weighted by Crippen LogP contribution is 2.38. The van der Waals surface area contributed by atoms with Gasteiger partial charge in [-0.15, -0.1) is 11.3 Å². The Morgan fingerprint density at radius 3 is 2.32 bits per heavy atom. The van der Waals surface area contributed by atoms with Crippen molar-refractivity contribution in [1.29, 1.82) is 0 Å². The molecule has 2 aromatic carbocycles. The molecule has 31 heavy (non-hydrogen) atoms. The van der Waals surface area contributed by atoms with E-state index in [1.807, 2.05) is 17.5 Å². The molecule has 0 amide bonds. The number of nitrogens with zero attached hydrogens (tertiary/aromatic N) is 2. The molecule has 0 bridgehead atoms. The highest BCUT2D eigenvalue weighted by atomic mass is 32.2. The Hall–Kier alpha value is -2.69. The van der Waals surface area contributed by atoms with E-state index in [2.05, 4.69) is 9.82 Å². The molecule has 7 nitrogen and oxygen atoms in total. The van der Waals surface area contributed by atoms with Crippen LogP contribution < -0.4 is 4.72 Å². The molecular weight excluding hydrogens is 454 g/mol. The lowest BCUT2D eigenvalue weighted by Crippen LogP contribution is -2.26. The highest BCUT2D eigenvalue weighted by Gasteiger charge is 2.38. The predicted octanol–water partition coefficient (Wildman–Crippen LogP) is 4.05. The molecule has 0 aliphatic carbocycles. The van der Waals surface area contributed by atoms with Gasteiger partial charge in [0.25, 0.3) is 10.0 Å². The van der Waals surface area contributed by atoms with Gasteiger partial charge in [-0.1, -0.05) is 36.4 Å². The largest absolute Gasteiger partial charge is 0.284 e. The Balaban J connectivity index is 1.68. The number of hydrazone groups is 1. The van der Waals surface area contributed by atoms with E-state index in [0.29, 0.717) is 17.8 Å². The van der Waals surface area contributed by atoms with Crippen molar-refractivity contribution in [1.82, 2.24) is 4.41 Å². The molecular formula is C21H21N3O4S3. The quantitative estimate of drug-likeness (QED) is 0.558. The zero-order valence-electron chi connectivity index (χ0n) is 16.7. The number of benzene rings is 2. The smallest absolute Gasteiger partial charge is 0.279 e. The molecule has 0 saturated heterocycles. The molecule has 2 heterocycles. The van der Waals surface area contributed by atoms with E-state index in [9.17, 15) is 16.8 Å². The second kappa shape index (κ2) is 8.45. The number of sulfonamides is 2. The standard InChI is InChI=1S/C21H21N3O4S3/c1-2-30(25,26)23-17-12-10-16(11-13-17)19-15-20(21-9-6-14-29-21)24(22-19)31(27,28)18-7-4-3-5-8-18/h3-14,20,23H,2,15H2,1H3. The number of anilines is 1. The molecule has 3 aromatic rings. The van der Waals surface area contributed by atoms with Crippen LogP contribution in [0.4, 0.5) is 5.69 Å². The van der Waals surface area contributed by atoms with Crippen LogP contribution in [0.1, 0.15) is 29.8 Å². The monoisotopic (exact) mass is 475 g/mol. The maximum Gasteiger partial charge on any atom is 0.279 e. The lowest BCUT2D eigenvalue weighted by atomic mass is 10.0. The van der Waals surface area contributed by atoms with Gasteiger partial charge in [0.15, 0.2) is 0 Å². The zero-order chi connectivity index (χ0) is 22.1. The van der Waals surface area contributed by atoms with E-state index in [1.165, 1.54) is 15.8 Å². The Morgan fingerprint density at radius 2 is 1.71 bits per heavy atom.